The first-order valence-electron chi connectivity index (χ1n) is 13.0. The highest BCUT2D eigenvalue weighted by molar-refractivity contribution is 5.91. The van der Waals surface area contributed by atoms with Crippen LogP contribution >= 0.6 is 0 Å². The summed E-state index contributed by atoms with van der Waals surface area (Å²) in [5.41, 5.74) is 2.41. The smallest absolute Gasteiger partial charge is 0.383 e. The molecular formula is C31H42O5. The van der Waals surface area contributed by atoms with Crippen LogP contribution in [0.4, 0.5) is 0 Å². The average Bonchev–Trinajstić information content (AvgIpc) is 2.84. The first-order valence-corrected chi connectivity index (χ1v) is 13.0. The molecular weight excluding hydrogens is 452 g/mol. The molecule has 1 heterocycles. The maximum Gasteiger partial charge on any atom is 0.383 e. The molecule has 0 spiro atoms. The standard InChI is InChI=1S/C31H42O5/c1-6-8-10-12-21-33-26-18-15-19-27-28(26)29(35-23-20-25(5)17-14-16-24(3)4)30(31(32)36-27)34-22-13-11-9-7-2/h8-11,15-16,18-20H,6-7,12-14,17,21-23H2,1-5H3/b10-8?,11-9?,25-20+. The minimum atomic E-state index is -0.552. The van der Waals surface area contributed by atoms with Gasteiger partial charge in [0.1, 0.15) is 23.3 Å². The molecule has 196 valence electrons. The molecule has 0 fully saturated rings. The molecule has 36 heavy (non-hydrogen) atoms. The number of hydrogen-bond donors (Lipinski definition) is 0. The van der Waals surface area contributed by atoms with Crippen LogP contribution in [0.2, 0.25) is 0 Å². The van der Waals surface area contributed by atoms with Gasteiger partial charge >= 0.3 is 5.63 Å². The van der Waals surface area contributed by atoms with Crippen molar-refractivity contribution >= 4 is 11.0 Å². The molecule has 0 aliphatic heterocycles. The topological polar surface area (TPSA) is 57.9 Å². The Hall–Kier alpha value is -3.21. The van der Waals surface area contributed by atoms with Gasteiger partial charge in [-0.15, -0.1) is 0 Å². The predicted molar refractivity (Wildman–Crippen MR) is 149 cm³/mol. The summed E-state index contributed by atoms with van der Waals surface area (Å²) in [4.78, 5) is 12.9. The third-order valence-electron chi connectivity index (χ3n) is 5.44. The van der Waals surface area contributed by atoms with E-state index in [4.69, 9.17) is 18.6 Å². The lowest BCUT2D eigenvalue weighted by Gasteiger charge is -2.15. The summed E-state index contributed by atoms with van der Waals surface area (Å²) in [5.74, 6) is 1.06. The maximum atomic E-state index is 12.9. The van der Waals surface area contributed by atoms with Crippen molar-refractivity contribution in [1.29, 1.82) is 0 Å². The van der Waals surface area contributed by atoms with Crippen LogP contribution in [-0.4, -0.2) is 19.8 Å². The van der Waals surface area contributed by atoms with Crippen molar-refractivity contribution in [3.8, 4) is 17.2 Å². The Kier molecular flexibility index (Phi) is 13.3. The minimum Gasteiger partial charge on any atom is -0.492 e. The van der Waals surface area contributed by atoms with E-state index in [9.17, 15) is 4.79 Å². The molecule has 0 aliphatic rings. The van der Waals surface area contributed by atoms with Gasteiger partial charge in [-0.1, -0.05) is 61.4 Å². The molecule has 0 unspecified atom stereocenters. The zero-order chi connectivity index (χ0) is 26.2. The van der Waals surface area contributed by atoms with E-state index in [-0.39, 0.29) is 5.75 Å². The summed E-state index contributed by atoms with van der Waals surface area (Å²) >= 11 is 0. The predicted octanol–water partition coefficient (Wildman–Crippen LogP) is 8.33. The molecule has 0 N–H and O–H groups in total. The molecule has 0 saturated heterocycles. The van der Waals surface area contributed by atoms with Crippen LogP contribution in [0.1, 0.15) is 73.1 Å². The van der Waals surface area contributed by atoms with Crippen LogP contribution in [0.3, 0.4) is 0 Å². The summed E-state index contributed by atoms with van der Waals surface area (Å²) in [6, 6.07) is 5.43. The Bertz CT molecular complexity index is 1110. The lowest BCUT2D eigenvalue weighted by molar-refractivity contribution is 0.274. The second-order valence-corrected chi connectivity index (χ2v) is 8.89. The SMILES string of the molecule is CCC=CCCOc1c(OC/C=C(\C)CCC=C(C)C)c2c(OCCC=CCC)cccc2oc1=O. The van der Waals surface area contributed by atoms with Gasteiger partial charge in [-0.2, -0.15) is 0 Å². The van der Waals surface area contributed by atoms with Crippen LogP contribution in [-0.2, 0) is 0 Å². The molecule has 0 saturated carbocycles. The molecule has 0 radical (unpaired) electrons. The van der Waals surface area contributed by atoms with Crippen molar-refractivity contribution in [1.82, 2.24) is 0 Å². The van der Waals surface area contributed by atoms with E-state index < -0.39 is 5.63 Å². The Balaban J connectivity index is 2.35. The van der Waals surface area contributed by atoms with Gasteiger partial charge in [-0.25, -0.2) is 4.79 Å². The van der Waals surface area contributed by atoms with E-state index in [1.165, 1.54) is 11.1 Å². The van der Waals surface area contributed by atoms with Crippen molar-refractivity contribution in [2.24, 2.45) is 0 Å². The van der Waals surface area contributed by atoms with Gasteiger partial charge in [0.25, 0.3) is 0 Å². The number of fused-ring (bicyclic) bond motifs is 1. The van der Waals surface area contributed by atoms with Gasteiger partial charge in [0.05, 0.1) is 13.2 Å². The maximum absolute atomic E-state index is 12.9. The van der Waals surface area contributed by atoms with Crippen molar-refractivity contribution in [2.75, 3.05) is 19.8 Å². The Morgan fingerprint density at radius 1 is 0.833 bits per heavy atom. The zero-order valence-electron chi connectivity index (χ0n) is 22.6. The second-order valence-electron chi connectivity index (χ2n) is 8.89. The monoisotopic (exact) mass is 494 g/mol. The van der Waals surface area contributed by atoms with Gasteiger partial charge in [-0.3, -0.25) is 0 Å². The fraction of sp³-hybridized carbons (Fsp3) is 0.452. The van der Waals surface area contributed by atoms with Crippen molar-refractivity contribution in [3.63, 3.8) is 0 Å². The van der Waals surface area contributed by atoms with Crippen molar-refractivity contribution in [3.05, 3.63) is 76.2 Å². The van der Waals surface area contributed by atoms with Gasteiger partial charge < -0.3 is 18.6 Å². The van der Waals surface area contributed by atoms with E-state index in [0.29, 0.717) is 48.7 Å². The first kappa shape index (κ1) is 29.0. The van der Waals surface area contributed by atoms with Crippen LogP contribution < -0.4 is 19.8 Å². The normalized spacial score (nSPS) is 12.0. The Morgan fingerprint density at radius 3 is 2.19 bits per heavy atom. The van der Waals surface area contributed by atoms with Crippen molar-refractivity contribution in [2.45, 2.75) is 73.1 Å². The summed E-state index contributed by atoms with van der Waals surface area (Å²) in [7, 11) is 0. The van der Waals surface area contributed by atoms with Crippen LogP contribution in [0.15, 0.2) is 75.0 Å². The second kappa shape index (κ2) is 16.5. The van der Waals surface area contributed by atoms with Crippen molar-refractivity contribution < 1.29 is 18.6 Å². The quantitative estimate of drug-likeness (QED) is 0.133. The van der Waals surface area contributed by atoms with Crippen LogP contribution in [0, 0.1) is 0 Å². The summed E-state index contributed by atoms with van der Waals surface area (Å²) < 4.78 is 23.8. The Labute approximate surface area is 216 Å². The fourth-order valence-electron chi connectivity index (χ4n) is 3.55. The van der Waals surface area contributed by atoms with Crippen LogP contribution in [0.5, 0.6) is 17.2 Å². The van der Waals surface area contributed by atoms with E-state index in [1.54, 1.807) is 6.07 Å². The zero-order valence-corrected chi connectivity index (χ0v) is 22.6. The highest BCUT2D eigenvalue weighted by atomic mass is 16.5. The lowest BCUT2D eigenvalue weighted by atomic mass is 10.1. The van der Waals surface area contributed by atoms with Gasteiger partial charge in [-0.05, 0) is 77.5 Å². The van der Waals surface area contributed by atoms with E-state index >= 15 is 0 Å². The van der Waals surface area contributed by atoms with Gasteiger partial charge in [0.2, 0.25) is 5.75 Å². The largest absolute Gasteiger partial charge is 0.492 e. The van der Waals surface area contributed by atoms with Gasteiger partial charge in [0.15, 0.2) is 5.75 Å². The molecule has 1 aromatic carbocycles. The average molecular weight is 495 g/mol. The number of hydrogen-bond acceptors (Lipinski definition) is 5. The van der Waals surface area contributed by atoms with Gasteiger partial charge in [0, 0.05) is 0 Å². The molecule has 2 aromatic rings. The molecule has 0 atom stereocenters. The van der Waals surface area contributed by atoms with E-state index in [0.717, 1.165) is 32.1 Å². The van der Waals surface area contributed by atoms with Crippen LogP contribution in [0.25, 0.3) is 11.0 Å². The lowest BCUT2D eigenvalue weighted by Crippen LogP contribution is -2.12. The number of rotatable bonds is 16. The molecule has 5 nitrogen and oxygen atoms in total. The molecule has 2 rings (SSSR count). The Morgan fingerprint density at radius 2 is 1.53 bits per heavy atom. The summed E-state index contributed by atoms with van der Waals surface area (Å²) in [6.07, 6.45) is 18.0. The summed E-state index contributed by atoms with van der Waals surface area (Å²) in [6.45, 7) is 11.7. The number of allylic oxidation sites excluding steroid dienone is 5. The third-order valence-corrected chi connectivity index (χ3v) is 5.44. The first-order chi connectivity index (χ1) is 17.5. The minimum absolute atomic E-state index is 0.0879. The summed E-state index contributed by atoms with van der Waals surface area (Å²) in [5, 5.41) is 0.617. The fourth-order valence-corrected chi connectivity index (χ4v) is 3.55. The third kappa shape index (κ3) is 9.80. The van der Waals surface area contributed by atoms with E-state index in [2.05, 4.69) is 58.9 Å². The molecule has 0 aliphatic carbocycles. The highest BCUT2D eigenvalue weighted by Crippen LogP contribution is 2.39. The molecule has 1 aromatic heterocycles. The number of benzene rings is 1. The molecule has 5 heteroatoms. The van der Waals surface area contributed by atoms with E-state index in [1.807, 2.05) is 24.3 Å². The highest BCUT2D eigenvalue weighted by Gasteiger charge is 2.21. The molecule has 0 amide bonds. The number of ether oxygens (including phenoxy) is 3. The molecule has 0 bridgehead atoms.